The number of ether oxygens (including phenoxy) is 1. The molecule has 0 bridgehead atoms. The molecule has 2 aromatic carbocycles. The molecule has 0 amide bonds. The maximum atomic E-state index is 13.8. The van der Waals surface area contributed by atoms with E-state index in [0.717, 1.165) is 24.0 Å². The van der Waals surface area contributed by atoms with E-state index in [1.807, 2.05) is 30.3 Å². The van der Waals surface area contributed by atoms with Gasteiger partial charge in [-0.05, 0) is 29.4 Å². The highest BCUT2D eigenvalue weighted by molar-refractivity contribution is 9.09. The molecule has 0 spiro atoms. The Morgan fingerprint density at radius 1 is 1.21 bits per heavy atom. The summed E-state index contributed by atoms with van der Waals surface area (Å²) < 4.78 is 19.7. The van der Waals surface area contributed by atoms with Crippen LogP contribution in [-0.2, 0) is 4.74 Å². The van der Waals surface area contributed by atoms with Crippen LogP contribution in [0, 0.1) is 11.7 Å². The van der Waals surface area contributed by atoms with Gasteiger partial charge < -0.3 is 4.74 Å². The first-order valence-electron chi connectivity index (χ1n) is 6.61. The number of rotatable bonds is 2. The van der Waals surface area contributed by atoms with Gasteiger partial charge in [-0.15, -0.1) is 0 Å². The molecule has 3 rings (SSSR count). The van der Waals surface area contributed by atoms with Gasteiger partial charge in [0.2, 0.25) is 0 Å². The van der Waals surface area contributed by atoms with E-state index in [9.17, 15) is 4.39 Å². The van der Waals surface area contributed by atoms with Crippen LogP contribution in [0.15, 0.2) is 36.4 Å². The van der Waals surface area contributed by atoms with Crippen LogP contribution >= 0.6 is 15.9 Å². The fourth-order valence-corrected chi connectivity index (χ4v) is 3.87. The van der Waals surface area contributed by atoms with Gasteiger partial charge in [-0.1, -0.05) is 53.2 Å². The van der Waals surface area contributed by atoms with Crippen LogP contribution in [0.2, 0.25) is 0 Å². The Bertz CT molecular complexity index is 598. The van der Waals surface area contributed by atoms with Crippen molar-refractivity contribution >= 4 is 26.7 Å². The van der Waals surface area contributed by atoms with Crippen molar-refractivity contribution in [1.29, 1.82) is 0 Å². The highest BCUT2D eigenvalue weighted by Gasteiger charge is 2.32. The Balaban J connectivity index is 2.07. The monoisotopic (exact) mass is 322 g/mol. The summed E-state index contributed by atoms with van der Waals surface area (Å²) in [5.41, 5.74) is 1.11. The summed E-state index contributed by atoms with van der Waals surface area (Å²) in [5, 5.41) is 1.64. The SMILES string of the molecule is CC1CCOC1C(Br)c1ccc(F)c2ccccc12. The van der Waals surface area contributed by atoms with Crippen molar-refractivity contribution < 1.29 is 9.13 Å². The van der Waals surface area contributed by atoms with Crippen molar-refractivity contribution in [3.05, 3.63) is 47.8 Å². The number of alkyl halides is 1. The lowest BCUT2D eigenvalue weighted by molar-refractivity contribution is 0.0937. The summed E-state index contributed by atoms with van der Waals surface area (Å²) >= 11 is 3.75. The van der Waals surface area contributed by atoms with Crippen LogP contribution in [0.1, 0.15) is 23.7 Å². The Kier molecular flexibility index (Phi) is 3.59. The summed E-state index contributed by atoms with van der Waals surface area (Å²) in [6, 6.07) is 11.0. The van der Waals surface area contributed by atoms with Gasteiger partial charge in [-0.2, -0.15) is 0 Å². The Hall–Kier alpha value is -0.930. The van der Waals surface area contributed by atoms with Crippen molar-refractivity contribution in [2.75, 3.05) is 6.61 Å². The van der Waals surface area contributed by atoms with Crippen LogP contribution in [0.5, 0.6) is 0 Å². The van der Waals surface area contributed by atoms with Gasteiger partial charge in [0, 0.05) is 12.0 Å². The van der Waals surface area contributed by atoms with E-state index in [1.54, 1.807) is 6.07 Å². The quantitative estimate of drug-likeness (QED) is 0.719. The number of hydrogen-bond donors (Lipinski definition) is 0. The van der Waals surface area contributed by atoms with Crippen LogP contribution in [0.3, 0.4) is 0 Å². The van der Waals surface area contributed by atoms with Crippen molar-refractivity contribution in [2.45, 2.75) is 24.3 Å². The lowest BCUT2D eigenvalue weighted by Gasteiger charge is -2.22. The predicted molar refractivity (Wildman–Crippen MR) is 79.1 cm³/mol. The first kappa shape index (κ1) is 13.1. The zero-order valence-electron chi connectivity index (χ0n) is 10.8. The maximum absolute atomic E-state index is 13.8. The van der Waals surface area contributed by atoms with E-state index in [4.69, 9.17) is 4.74 Å². The second kappa shape index (κ2) is 5.22. The largest absolute Gasteiger partial charge is 0.376 e. The van der Waals surface area contributed by atoms with Crippen LogP contribution in [0.4, 0.5) is 4.39 Å². The molecule has 2 aromatic rings. The van der Waals surface area contributed by atoms with Gasteiger partial charge in [0.1, 0.15) is 5.82 Å². The molecule has 0 saturated carbocycles. The standard InChI is InChI=1S/C16H16BrFO/c1-10-8-9-19-16(10)15(17)13-6-7-14(18)12-5-3-2-4-11(12)13/h2-7,10,15-16H,8-9H2,1H3. The molecule has 1 fully saturated rings. The molecular formula is C16H16BrFO. The van der Waals surface area contributed by atoms with Crippen molar-refractivity contribution in [1.82, 2.24) is 0 Å². The third kappa shape index (κ3) is 2.30. The first-order chi connectivity index (χ1) is 9.18. The van der Waals surface area contributed by atoms with Gasteiger partial charge in [-0.3, -0.25) is 0 Å². The second-order valence-corrected chi connectivity index (χ2v) is 6.17. The molecule has 1 aliphatic rings. The van der Waals surface area contributed by atoms with E-state index in [0.29, 0.717) is 11.3 Å². The van der Waals surface area contributed by atoms with Crippen molar-refractivity contribution in [2.24, 2.45) is 5.92 Å². The highest BCUT2D eigenvalue weighted by atomic mass is 79.9. The van der Waals surface area contributed by atoms with E-state index in [2.05, 4.69) is 22.9 Å². The van der Waals surface area contributed by atoms with Gasteiger partial charge in [0.25, 0.3) is 0 Å². The zero-order chi connectivity index (χ0) is 13.4. The summed E-state index contributed by atoms with van der Waals surface area (Å²) in [5.74, 6) is 0.354. The fourth-order valence-electron chi connectivity index (χ4n) is 2.79. The molecule has 0 aliphatic carbocycles. The van der Waals surface area contributed by atoms with E-state index in [-0.39, 0.29) is 16.7 Å². The Morgan fingerprint density at radius 3 is 2.63 bits per heavy atom. The van der Waals surface area contributed by atoms with Gasteiger partial charge >= 0.3 is 0 Å². The Labute approximate surface area is 120 Å². The molecule has 1 heterocycles. The molecule has 1 saturated heterocycles. The molecule has 3 unspecified atom stereocenters. The molecule has 1 nitrogen and oxygen atoms in total. The molecule has 3 heteroatoms. The van der Waals surface area contributed by atoms with Gasteiger partial charge in [0.05, 0.1) is 10.9 Å². The molecule has 0 N–H and O–H groups in total. The predicted octanol–water partition coefficient (Wildman–Crippen LogP) is 4.84. The third-order valence-electron chi connectivity index (χ3n) is 3.93. The topological polar surface area (TPSA) is 9.23 Å². The fraction of sp³-hybridized carbons (Fsp3) is 0.375. The molecule has 0 radical (unpaired) electrons. The van der Waals surface area contributed by atoms with Crippen molar-refractivity contribution in [3.63, 3.8) is 0 Å². The summed E-state index contributed by atoms with van der Waals surface area (Å²) in [6.45, 7) is 3.02. The molecule has 3 atom stereocenters. The summed E-state index contributed by atoms with van der Waals surface area (Å²) in [4.78, 5) is 0.107. The zero-order valence-corrected chi connectivity index (χ0v) is 12.4. The van der Waals surface area contributed by atoms with Gasteiger partial charge in [0.15, 0.2) is 0 Å². The average Bonchev–Trinajstić information content (AvgIpc) is 2.85. The second-order valence-electron chi connectivity index (χ2n) is 5.19. The molecular weight excluding hydrogens is 307 g/mol. The number of benzene rings is 2. The number of fused-ring (bicyclic) bond motifs is 1. The summed E-state index contributed by atoms with van der Waals surface area (Å²) in [6.07, 6.45) is 1.25. The normalized spacial score (nSPS) is 24.8. The minimum Gasteiger partial charge on any atom is -0.376 e. The lowest BCUT2D eigenvalue weighted by atomic mass is 9.94. The number of halogens is 2. The lowest BCUT2D eigenvalue weighted by Crippen LogP contribution is -2.19. The minimum absolute atomic E-state index is 0.107. The van der Waals surface area contributed by atoms with Crippen LogP contribution < -0.4 is 0 Å². The average molecular weight is 323 g/mol. The molecule has 1 aliphatic heterocycles. The highest BCUT2D eigenvalue weighted by Crippen LogP contribution is 2.40. The molecule has 0 aromatic heterocycles. The van der Waals surface area contributed by atoms with Crippen LogP contribution in [0.25, 0.3) is 10.8 Å². The maximum Gasteiger partial charge on any atom is 0.131 e. The van der Waals surface area contributed by atoms with E-state index >= 15 is 0 Å². The molecule has 19 heavy (non-hydrogen) atoms. The summed E-state index contributed by atoms with van der Waals surface area (Å²) in [7, 11) is 0. The smallest absolute Gasteiger partial charge is 0.131 e. The van der Waals surface area contributed by atoms with Crippen LogP contribution in [-0.4, -0.2) is 12.7 Å². The number of hydrogen-bond acceptors (Lipinski definition) is 1. The van der Waals surface area contributed by atoms with E-state index in [1.165, 1.54) is 0 Å². The molecule has 100 valence electrons. The van der Waals surface area contributed by atoms with Crippen molar-refractivity contribution in [3.8, 4) is 0 Å². The first-order valence-corrected chi connectivity index (χ1v) is 7.53. The van der Waals surface area contributed by atoms with Gasteiger partial charge in [-0.25, -0.2) is 4.39 Å². The minimum atomic E-state index is -0.167. The third-order valence-corrected chi connectivity index (χ3v) is 4.95. The van der Waals surface area contributed by atoms with E-state index < -0.39 is 0 Å². The Morgan fingerprint density at radius 2 is 1.95 bits per heavy atom.